The standard InChI is InChI=1S/C21H29N3O4/c1-15(2)9-12-28-17-8-7-16(13-18(17)27-3)14-22-24-19(25)21(23-20(24)26)10-5-4-6-11-21/h7-8,13-15H,4-6,9-12H2,1-3H3,(H,23,26)/b22-14-. The molecule has 0 atom stereocenters. The predicted octanol–water partition coefficient (Wildman–Crippen LogP) is 3.71. The lowest BCUT2D eigenvalue weighted by atomic mass is 9.82. The molecule has 0 unspecified atom stereocenters. The van der Waals surface area contributed by atoms with E-state index in [2.05, 4.69) is 24.3 Å². The van der Waals surface area contributed by atoms with Crippen LogP contribution in [0.25, 0.3) is 0 Å². The van der Waals surface area contributed by atoms with E-state index in [9.17, 15) is 9.59 Å². The molecule has 3 amide bonds. The Bertz CT molecular complexity index is 754. The van der Waals surface area contributed by atoms with Crippen LogP contribution in [-0.2, 0) is 4.79 Å². The quantitative estimate of drug-likeness (QED) is 0.571. The zero-order valence-electron chi connectivity index (χ0n) is 16.9. The van der Waals surface area contributed by atoms with Gasteiger partial charge in [-0.2, -0.15) is 5.10 Å². The first-order chi connectivity index (χ1) is 13.4. The van der Waals surface area contributed by atoms with Crippen molar-refractivity contribution >= 4 is 18.2 Å². The Kier molecular flexibility index (Phi) is 6.21. The molecule has 1 spiro atoms. The second kappa shape index (κ2) is 8.63. The third-order valence-electron chi connectivity index (χ3n) is 5.31. The van der Waals surface area contributed by atoms with Crippen molar-refractivity contribution < 1.29 is 19.1 Å². The molecule has 2 fully saturated rings. The number of nitrogens with one attached hydrogen (secondary N) is 1. The Balaban J connectivity index is 1.69. The maximum atomic E-state index is 12.7. The van der Waals surface area contributed by atoms with E-state index >= 15 is 0 Å². The summed E-state index contributed by atoms with van der Waals surface area (Å²) in [7, 11) is 1.58. The molecule has 1 saturated heterocycles. The molecule has 1 heterocycles. The number of carbonyl (C=O) groups is 2. The Labute approximate surface area is 166 Å². The van der Waals surface area contributed by atoms with Gasteiger partial charge in [0.05, 0.1) is 19.9 Å². The number of imide groups is 1. The van der Waals surface area contributed by atoms with Crippen molar-refractivity contribution in [3.05, 3.63) is 23.8 Å². The number of hydrogen-bond donors (Lipinski definition) is 1. The molecular weight excluding hydrogens is 358 g/mol. The fourth-order valence-corrected chi connectivity index (χ4v) is 3.62. The second-order valence-corrected chi connectivity index (χ2v) is 7.88. The number of amides is 3. The molecule has 1 N–H and O–H groups in total. The van der Waals surface area contributed by atoms with E-state index in [0.29, 0.717) is 36.9 Å². The van der Waals surface area contributed by atoms with Gasteiger partial charge in [-0.25, -0.2) is 4.79 Å². The first-order valence-electron chi connectivity index (χ1n) is 9.97. The van der Waals surface area contributed by atoms with Gasteiger partial charge in [-0.15, -0.1) is 5.01 Å². The maximum Gasteiger partial charge on any atom is 0.346 e. The van der Waals surface area contributed by atoms with Crippen LogP contribution >= 0.6 is 0 Å². The number of urea groups is 1. The zero-order valence-corrected chi connectivity index (χ0v) is 16.9. The highest BCUT2D eigenvalue weighted by atomic mass is 16.5. The average molecular weight is 387 g/mol. The summed E-state index contributed by atoms with van der Waals surface area (Å²) in [6.45, 7) is 4.91. The van der Waals surface area contributed by atoms with Crippen LogP contribution in [0.4, 0.5) is 4.79 Å². The first-order valence-corrected chi connectivity index (χ1v) is 9.97. The summed E-state index contributed by atoms with van der Waals surface area (Å²) in [5.74, 6) is 1.56. The summed E-state index contributed by atoms with van der Waals surface area (Å²) < 4.78 is 11.2. The highest BCUT2D eigenvalue weighted by molar-refractivity contribution is 6.07. The van der Waals surface area contributed by atoms with Crippen LogP contribution in [0.2, 0.25) is 0 Å². The number of ether oxygens (including phenoxy) is 2. The van der Waals surface area contributed by atoms with Crippen molar-refractivity contribution in [2.24, 2.45) is 11.0 Å². The van der Waals surface area contributed by atoms with Gasteiger partial charge in [0.1, 0.15) is 5.54 Å². The fraction of sp³-hybridized carbons (Fsp3) is 0.571. The predicted molar refractivity (Wildman–Crippen MR) is 107 cm³/mol. The molecule has 28 heavy (non-hydrogen) atoms. The van der Waals surface area contributed by atoms with Gasteiger partial charge < -0.3 is 14.8 Å². The number of rotatable bonds is 7. The topological polar surface area (TPSA) is 80.2 Å². The summed E-state index contributed by atoms with van der Waals surface area (Å²) in [6.07, 6.45) is 6.80. The van der Waals surface area contributed by atoms with Crippen molar-refractivity contribution in [2.45, 2.75) is 57.9 Å². The molecule has 1 aromatic carbocycles. The van der Waals surface area contributed by atoms with E-state index in [0.717, 1.165) is 36.3 Å². The molecular formula is C21H29N3O4. The molecule has 1 aromatic rings. The molecule has 152 valence electrons. The molecule has 1 aliphatic carbocycles. The van der Waals surface area contributed by atoms with Crippen molar-refractivity contribution in [3.8, 4) is 11.5 Å². The Morgan fingerprint density at radius 2 is 1.96 bits per heavy atom. The van der Waals surface area contributed by atoms with Gasteiger partial charge in [-0.3, -0.25) is 4.79 Å². The van der Waals surface area contributed by atoms with Crippen LogP contribution in [0.15, 0.2) is 23.3 Å². The van der Waals surface area contributed by atoms with Gasteiger partial charge in [0.15, 0.2) is 11.5 Å². The summed E-state index contributed by atoms with van der Waals surface area (Å²) in [4.78, 5) is 25.0. The maximum absolute atomic E-state index is 12.7. The molecule has 3 rings (SSSR count). The monoisotopic (exact) mass is 387 g/mol. The third kappa shape index (κ3) is 4.29. The van der Waals surface area contributed by atoms with Crippen LogP contribution in [0, 0.1) is 5.92 Å². The molecule has 0 radical (unpaired) electrons. The SMILES string of the molecule is COc1cc(/C=N\N2C(=O)NC3(CCCCC3)C2=O)ccc1OCCC(C)C. The van der Waals surface area contributed by atoms with Crippen LogP contribution in [0.5, 0.6) is 11.5 Å². The number of hydrogen-bond acceptors (Lipinski definition) is 5. The largest absolute Gasteiger partial charge is 0.493 e. The van der Waals surface area contributed by atoms with E-state index in [-0.39, 0.29) is 5.91 Å². The Hall–Kier alpha value is -2.57. The van der Waals surface area contributed by atoms with Crippen molar-refractivity contribution in [3.63, 3.8) is 0 Å². The van der Waals surface area contributed by atoms with Gasteiger partial charge in [-0.05, 0) is 48.9 Å². The summed E-state index contributed by atoms with van der Waals surface area (Å²) >= 11 is 0. The lowest BCUT2D eigenvalue weighted by Crippen LogP contribution is -2.48. The molecule has 7 nitrogen and oxygen atoms in total. The van der Waals surface area contributed by atoms with Gasteiger partial charge >= 0.3 is 6.03 Å². The van der Waals surface area contributed by atoms with Crippen molar-refractivity contribution in [1.82, 2.24) is 10.3 Å². The van der Waals surface area contributed by atoms with Crippen molar-refractivity contribution in [1.29, 1.82) is 0 Å². The van der Waals surface area contributed by atoms with E-state index in [1.165, 1.54) is 6.21 Å². The van der Waals surface area contributed by atoms with Gasteiger partial charge in [0.25, 0.3) is 5.91 Å². The lowest BCUT2D eigenvalue weighted by Gasteiger charge is -2.29. The van der Waals surface area contributed by atoms with Gasteiger partial charge in [0, 0.05) is 0 Å². The molecule has 7 heteroatoms. The normalized spacial score (nSPS) is 18.9. The molecule has 1 aliphatic heterocycles. The number of methoxy groups -OCH3 is 1. The molecule has 0 bridgehead atoms. The van der Waals surface area contributed by atoms with E-state index in [1.807, 2.05) is 12.1 Å². The third-order valence-corrected chi connectivity index (χ3v) is 5.31. The number of hydrazone groups is 1. The summed E-state index contributed by atoms with van der Waals surface area (Å²) in [6, 6.07) is 4.97. The minimum absolute atomic E-state index is 0.256. The van der Waals surface area contributed by atoms with E-state index in [4.69, 9.17) is 9.47 Å². The highest BCUT2D eigenvalue weighted by Crippen LogP contribution is 2.34. The van der Waals surface area contributed by atoms with Crippen molar-refractivity contribution in [2.75, 3.05) is 13.7 Å². The minimum atomic E-state index is -0.765. The molecule has 2 aliphatic rings. The van der Waals surface area contributed by atoms with Crippen LogP contribution < -0.4 is 14.8 Å². The number of nitrogens with zero attached hydrogens (tertiary/aromatic N) is 2. The van der Waals surface area contributed by atoms with Gasteiger partial charge in [0.2, 0.25) is 0 Å². The minimum Gasteiger partial charge on any atom is -0.493 e. The second-order valence-electron chi connectivity index (χ2n) is 7.88. The van der Waals surface area contributed by atoms with E-state index < -0.39 is 11.6 Å². The average Bonchev–Trinajstić information content (AvgIpc) is 2.90. The summed E-state index contributed by atoms with van der Waals surface area (Å²) in [5.41, 5.74) is -0.0448. The van der Waals surface area contributed by atoms with Gasteiger partial charge in [-0.1, -0.05) is 33.1 Å². The fourth-order valence-electron chi connectivity index (χ4n) is 3.62. The molecule has 0 aromatic heterocycles. The number of benzene rings is 1. The Morgan fingerprint density at radius 3 is 2.64 bits per heavy atom. The van der Waals surface area contributed by atoms with Crippen LogP contribution in [0.1, 0.15) is 57.9 Å². The Morgan fingerprint density at radius 1 is 1.21 bits per heavy atom. The van der Waals surface area contributed by atoms with Crippen LogP contribution in [0.3, 0.4) is 0 Å². The zero-order chi connectivity index (χ0) is 20.1. The van der Waals surface area contributed by atoms with Crippen LogP contribution in [-0.4, -0.2) is 42.4 Å². The summed E-state index contributed by atoms with van der Waals surface area (Å²) in [5, 5.41) is 7.94. The number of carbonyl (C=O) groups excluding carboxylic acids is 2. The van der Waals surface area contributed by atoms with E-state index in [1.54, 1.807) is 13.2 Å². The molecule has 1 saturated carbocycles. The first kappa shape index (κ1) is 20.2. The lowest BCUT2D eigenvalue weighted by molar-refractivity contribution is -0.132. The smallest absolute Gasteiger partial charge is 0.346 e. The highest BCUT2D eigenvalue weighted by Gasteiger charge is 2.51.